The van der Waals surface area contributed by atoms with Crippen molar-refractivity contribution in [3.8, 4) is 16.9 Å². The fourth-order valence-electron chi connectivity index (χ4n) is 5.01. The lowest BCUT2D eigenvalue weighted by molar-refractivity contribution is -0.275. The third-order valence-electron chi connectivity index (χ3n) is 6.78. The predicted molar refractivity (Wildman–Crippen MR) is 120 cm³/mol. The standard InChI is InChI=1S/C27H26F6O/c1-2-3-4-16-5-7-17(8-6-16)20-14-22(28)25(23(29)15-20)19-9-11-21-18(13-19)10-12-24(26(21)30)34-27(31,32)33/h9-17H,2-8H2,1H3/t16-,17-. The lowest BCUT2D eigenvalue weighted by Crippen LogP contribution is -2.18. The molecule has 0 amide bonds. The van der Waals surface area contributed by atoms with Gasteiger partial charge in [0.25, 0.3) is 0 Å². The third kappa shape index (κ3) is 5.34. The highest BCUT2D eigenvalue weighted by atomic mass is 19.4. The number of halogens is 6. The van der Waals surface area contributed by atoms with Crippen LogP contribution in [0, 0.1) is 23.4 Å². The van der Waals surface area contributed by atoms with Gasteiger partial charge in [-0.15, -0.1) is 13.2 Å². The van der Waals surface area contributed by atoms with E-state index in [0.717, 1.165) is 31.7 Å². The molecule has 0 saturated heterocycles. The summed E-state index contributed by atoms with van der Waals surface area (Å²) in [6.07, 6.45) is 2.49. The maximum Gasteiger partial charge on any atom is 0.573 e. The number of ether oxygens (including phenoxy) is 1. The van der Waals surface area contributed by atoms with Gasteiger partial charge in [-0.2, -0.15) is 0 Å². The van der Waals surface area contributed by atoms with Crippen molar-refractivity contribution < 1.29 is 31.1 Å². The number of hydrogen-bond donors (Lipinski definition) is 0. The number of alkyl halides is 3. The van der Waals surface area contributed by atoms with Gasteiger partial charge < -0.3 is 4.74 Å². The van der Waals surface area contributed by atoms with E-state index in [1.165, 1.54) is 55.7 Å². The van der Waals surface area contributed by atoms with E-state index in [1.54, 1.807) is 0 Å². The molecule has 0 unspecified atom stereocenters. The van der Waals surface area contributed by atoms with Crippen LogP contribution in [-0.4, -0.2) is 6.36 Å². The quantitative estimate of drug-likeness (QED) is 0.320. The lowest BCUT2D eigenvalue weighted by Gasteiger charge is -2.29. The van der Waals surface area contributed by atoms with Gasteiger partial charge in [-0.3, -0.25) is 0 Å². The summed E-state index contributed by atoms with van der Waals surface area (Å²) < 4.78 is 85.7. The van der Waals surface area contributed by atoms with Crippen molar-refractivity contribution in [2.24, 2.45) is 5.92 Å². The van der Waals surface area contributed by atoms with Crippen LogP contribution < -0.4 is 4.74 Å². The zero-order valence-corrected chi connectivity index (χ0v) is 18.8. The number of fused-ring (bicyclic) bond motifs is 1. The van der Waals surface area contributed by atoms with E-state index in [-0.39, 0.29) is 27.8 Å². The van der Waals surface area contributed by atoms with E-state index >= 15 is 8.78 Å². The summed E-state index contributed by atoms with van der Waals surface area (Å²) in [4.78, 5) is 0. The van der Waals surface area contributed by atoms with Crippen molar-refractivity contribution in [2.75, 3.05) is 0 Å². The van der Waals surface area contributed by atoms with Crippen molar-refractivity contribution >= 4 is 10.8 Å². The Kier molecular flexibility index (Phi) is 7.10. The molecule has 0 heterocycles. The summed E-state index contributed by atoms with van der Waals surface area (Å²) in [5.41, 5.74) is 0.591. The molecule has 3 aromatic carbocycles. The number of hydrogen-bond acceptors (Lipinski definition) is 1. The molecule has 1 saturated carbocycles. The molecule has 1 nitrogen and oxygen atoms in total. The minimum Gasteiger partial charge on any atom is -0.403 e. The Bertz CT molecular complexity index is 1140. The van der Waals surface area contributed by atoms with E-state index in [0.29, 0.717) is 11.5 Å². The average Bonchev–Trinajstić information content (AvgIpc) is 2.78. The Balaban J connectivity index is 1.58. The molecule has 1 aliphatic carbocycles. The molecule has 3 aromatic rings. The van der Waals surface area contributed by atoms with Crippen molar-refractivity contribution in [2.45, 2.75) is 64.1 Å². The largest absolute Gasteiger partial charge is 0.573 e. The fraction of sp³-hybridized carbons (Fsp3) is 0.407. The summed E-state index contributed by atoms with van der Waals surface area (Å²) in [6.45, 7) is 2.17. The maximum atomic E-state index is 15.1. The van der Waals surface area contributed by atoms with E-state index < -0.39 is 29.6 Å². The smallest absolute Gasteiger partial charge is 0.403 e. The van der Waals surface area contributed by atoms with Crippen LogP contribution in [0.2, 0.25) is 0 Å². The highest BCUT2D eigenvalue weighted by Gasteiger charge is 2.32. The Morgan fingerprint density at radius 3 is 2.18 bits per heavy atom. The molecule has 0 radical (unpaired) electrons. The van der Waals surface area contributed by atoms with Gasteiger partial charge in [-0.25, -0.2) is 13.2 Å². The SMILES string of the molecule is CCCC[C@H]1CC[C@H](c2cc(F)c(-c3ccc4c(F)c(OC(F)(F)F)ccc4c3)c(F)c2)CC1. The summed E-state index contributed by atoms with van der Waals surface area (Å²) in [5.74, 6) is -2.76. The third-order valence-corrected chi connectivity index (χ3v) is 6.78. The topological polar surface area (TPSA) is 9.23 Å². The van der Waals surface area contributed by atoms with Crippen LogP contribution in [0.5, 0.6) is 5.75 Å². The zero-order chi connectivity index (χ0) is 24.5. The minimum atomic E-state index is -5.03. The molecule has 0 aliphatic heterocycles. The number of unbranched alkanes of at least 4 members (excludes halogenated alkanes) is 1. The van der Waals surface area contributed by atoms with Crippen molar-refractivity contribution in [1.82, 2.24) is 0 Å². The first kappa shape index (κ1) is 24.4. The van der Waals surface area contributed by atoms with Crippen LogP contribution in [0.1, 0.15) is 63.4 Å². The first-order chi connectivity index (χ1) is 16.2. The van der Waals surface area contributed by atoms with Crippen LogP contribution in [0.25, 0.3) is 21.9 Å². The van der Waals surface area contributed by atoms with Gasteiger partial charge in [0.05, 0.1) is 5.56 Å². The van der Waals surface area contributed by atoms with E-state index in [9.17, 15) is 17.6 Å². The molecular formula is C27H26F6O. The van der Waals surface area contributed by atoms with Gasteiger partial charge in [-0.05, 0) is 78.3 Å². The molecule has 0 spiro atoms. The van der Waals surface area contributed by atoms with Gasteiger partial charge in [-0.1, -0.05) is 44.4 Å². The Morgan fingerprint density at radius 1 is 0.882 bits per heavy atom. The highest BCUT2D eigenvalue weighted by molar-refractivity contribution is 5.89. The van der Waals surface area contributed by atoms with Crippen LogP contribution in [0.4, 0.5) is 26.3 Å². The van der Waals surface area contributed by atoms with E-state index in [4.69, 9.17) is 0 Å². The van der Waals surface area contributed by atoms with Crippen LogP contribution >= 0.6 is 0 Å². The molecule has 0 aromatic heterocycles. The molecular weight excluding hydrogens is 454 g/mol. The summed E-state index contributed by atoms with van der Waals surface area (Å²) in [7, 11) is 0. The Labute approximate surface area is 194 Å². The molecule has 0 N–H and O–H groups in total. The van der Waals surface area contributed by atoms with Gasteiger partial charge in [0.1, 0.15) is 11.6 Å². The van der Waals surface area contributed by atoms with Gasteiger partial charge >= 0.3 is 6.36 Å². The van der Waals surface area contributed by atoms with Crippen LogP contribution in [0.15, 0.2) is 42.5 Å². The molecule has 0 bridgehead atoms. The summed E-state index contributed by atoms with van der Waals surface area (Å²) >= 11 is 0. The molecule has 34 heavy (non-hydrogen) atoms. The molecule has 4 rings (SSSR count). The Hall–Kier alpha value is -2.70. The maximum absolute atomic E-state index is 15.1. The molecule has 1 fully saturated rings. The van der Waals surface area contributed by atoms with Gasteiger partial charge in [0, 0.05) is 5.39 Å². The first-order valence-corrected chi connectivity index (χ1v) is 11.6. The second kappa shape index (κ2) is 9.88. The van der Waals surface area contributed by atoms with Crippen LogP contribution in [-0.2, 0) is 0 Å². The van der Waals surface area contributed by atoms with Crippen LogP contribution in [0.3, 0.4) is 0 Å². The second-order valence-corrected chi connectivity index (χ2v) is 9.08. The van der Waals surface area contributed by atoms with Crippen molar-refractivity contribution in [1.29, 1.82) is 0 Å². The highest BCUT2D eigenvalue weighted by Crippen LogP contribution is 2.40. The molecule has 7 heteroatoms. The van der Waals surface area contributed by atoms with Gasteiger partial charge in [0.15, 0.2) is 11.6 Å². The molecule has 0 atom stereocenters. The molecule has 182 valence electrons. The predicted octanol–water partition coefficient (Wildman–Crippen LogP) is 9.29. The zero-order valence-electron chi connectivity index (χ0n) is 18.8. The lowest BCUT2D eigenvalue weighted by atomic mass is 9.77. The van der Waals surface area contributed by atoms with Crippen molar-refractivity contribution in [3.05, 3.63) is 65.5 Å². The van der Waals surface area contributed by atoms with Crippen molar-refractivity contribution in [3.63, 3.8) is 0 Å². The minimum absolute atomic E-state index is 0.119. The fourth-order valence-corrected chi connectivity index (χ4v) is 5.01. The molecule has 1 aliphatic rings. The monoisotopic (exact) mass is 480 g/mol. The second-order valence-electron chi connectivity index (χ2n) is 9.08. The van der Waals surface area contributed by atoms with E-state index in [2.05, 4.69) is 11.7 Å². The average molecular weight is 480 g/mol. The normalized spacial score (nSPS) is 18.9. The first-order valence-electron chi connectivity index (χ1n) is 11.6. The summed E-state index contributed by atoms with van der Waals surface area (Å²) in [5, 5.41) is 0.0700. The number of rotatable bonds is 6. The summed E-state index contributed by atoms with van der Waals surface area (Å²) in [6, 6.07) is 8.68. The van der Waals surface area contributed by atoms with Gasteiger partial charge in [0.2, 0.25) is 0 Å². The van der Waals surface area contributed by atoms with E-state index in [1.807, 2.05) is 0 Å². The Morgan fingerprint density at radius 2 is 1.56 bits per heavy atom. The number of benzene rings is 3.